The maximum absolute atomic E-state index is 12.5. The van der Waals surface area contributed by atoms with E-state index in [-0.39, 0.29) is 40.0 Å². The van der Waals surface area contributed by atoms with Gasteiger partial charge in [-0.1, -0.05) is 27.7 Å². The third-order valence-electron chi connectivity index (χ3n) is 4.29. The molecule has 0 aliphatic heterocycles. The zero-order valence-electron chi connectivity index (χ0n) is 14.8. The molecule has 1 aliphatic carbocycles. The Morgan fingerprint density at radius 2 is 1.96 bits per heavy atom. The van der Waals surface area contributed by atoms with E-state index in [2.05, 4.69) is 38.0 Å². The first-order valence-electron chi connectivity index (χ1n) is 8.25. The molecular formula is C18H28N2O3. The molecule has 1 aromatic heterocycles. The van der Waals surface area contributed by atoms with E-state index in [4.69, 9.17) is 4.74 Å². The Labute approximate surface area is 138 Å². The lowest BCUT2D eigenvalue weighted by atomic mass is 9.63. The molecule has 0 saturated heterocycles. The summed E-state index contributed by atoms with van der Waals surface area (Å²) in [6.45, 7) is 11.2. The number of carbonyl (C=O) groups is 1. The number of amides is 1. The highest BCUT2D eigenvalue weighted by atomic mass is 16.5. The molecule has 0 bridgehead atoms. The molecule has 1 fully saturated rings. The van der Waals surface area contributed by atoms with Gasteiger partial charge in [-0.25, -0.2) is 4.98 Å². The molecule has 5 nitrogen and oxygen atoms in total. The number of aromatic hydroxyl groups is 1. The number of hydrogen-bond donors (Lipinski definition) is 2. The molecule has 1 heterocycles. The SMILES string of the molecule is CCOc1ccnc(C(=O)NC2CC(C)(C)CC(C)(C)C2)c1O. The number of pyridine rings is 1. The van der Waals surface area contributed by atoms with E-state index < -0.39 is 0 Å². The van der Waals surface area contributed by atoms with Crippen molar-refractivity contribution in [3.8, 4) is 11.5 Å². The zero-order valence-corrected chi connectivity index (χ0v) is 14.8. The fourth-order valence-corrected chi connectivity index (χ4v) is 4.08. The quantitative estimate of drug-likeness (QED) is 0.890. The fraction of sp³-hybridized carbons (Fsp3) is 0.667. The van der Waals surface area contributed by atoms with Gasteiger partial charge in [0.2, 0.25) is 0 Å². The Bertz CT molecular complexity index is 566. The summed E-state index contributed by atoms with van der Waals surface area (Å²) in [5, 5.41) is 13.2. The van der Waals surface area contributed by atoms with E-state index in [0.29, 0.717) is 6.61 Å². The summed E-state index contributed by atoms with van der Waals surface area (Å²) >= 11 is 0. The van der Waals surface area contributed by atoms with Crippen LogP contribution in [0.25, 0.3) is 0 Å². The smallest absolute Gasteiger partial charge is 0.274 e. The van der Waals surface area contributed by atoms with Crippen molar-refractivity contribution < 1.29 is 14.6 Å². The topological polar surface area (TPSA) is 71.5 Å². The lowest BCUT2D eigenvalue weighted by molar-refractivity contribution is 0.0708. The van der Waals surface area contributed by atoms with Crippen LogP contribution in [0.5, 0.6) is 11.5 Å². The second-order valence-corrected chi connectivity index (χ2v) is 8.02. The zero-order chi connectivity index (χ0) is 17.3. The molecule has 1 amide bonds. The van der Waals surface area contributed by atoms with Crippen molar-refractivity contribution in [1.82, 2.24) is 10.3 Å². The minimum atomic E-state index is -0.345. The molecule has 0 atom stereocenters. The van der Waals surface area contributed by atoms with Crippen molar-refractivity contribution in [3.05, 3.63) is 18.0 Å². The normalized spacial score (nSPS) is 20.0. The van der Waals surface area contributed by atoms with Crippen LogP contribution < -0.4 is 10.1 Å². The number of hydrogen-bond acceptors (Lipinski definition) is 4. The Morgan fingerprint density at radius 1 is 1.35 bits per heavy atom. The van der Waals surface area contributed by atoms with E-state index in [1.54, 1.807) is 6.07 Å². The maximum Gasteiger partial charge on any atom is 0.274 e. The summed E-state index contributed by atoms with van der Waals surface area (Å²) in [5.41, 5.74) is 0.391. The van der Waals surface area contributed by atoms with Crippen LogP contribution in [0, 0.1) is 10.8 Å². The molecule has 2 N–H and O–H groups in total. The summed E-state index contributed by atoms with van der Waals surface area (Å²) < 4.78 is 5.31. The van der Waals surface area contributed by atoms with E-state index >= 15 is 0 Å². The van der Waals surface area contributed by atoms with Gasteiger partial charge >= 0.3 is 0 Å². The lowest BCUT2D eigenvalue weighted by Crippen LogP contribution is -2.46. The average molecular weight is 320 g/mol. The van der Waals surface area contributed by atoms with Crippen molar-refractivity contribution in [1.29, 1.82) is 0 Å². The van der Waals surface area contributed by atoms with E-state index in [1.165, 1.54) is 6.20 Å². The third-order valence-corrected chi connectivity index (χ3v) is 4.29. The number of carbonyl (C=O) groups excluding carboxylic acids is 1. The number of rotatable bonds is 4. The highest BCUT2D eigenvalue weighted by Crippen LogP contribution is 2.45. The van der Waals surface area contributed by atoms with E-state index in [0.717, 1.165) is 19.3 Å². The molecule has 128 valence electrons. The molecule has 0 radical (unpaired) electrons. The third kappa shape index (κ3) is 4.36. The molecule has 1 aliphatic rings. The van der Waals surface area contributed by atoms with Gasteiger partial charge < -0.3 is 15.2 Å². The minimum Gasteiger partial charge on any atom is -0.503 e. The summed E-state index contributed by atoms with van der Waals surface area (Å²) in [7, 11) is 0. The second-order valence-electron chi connectivity index (χ2n) is 8.02. The van der Waals surface area contributed by atoms with Gasteiger partial charge in [0.05, 0.1) is 6.61 Å². The fourth-order valence-electron chi connectivity index (χ4n) is 4.08. The van der Waals surface area contributed by atoms with Gasteiger partial charge in [0.15, 0.2) is 17.2 Å². The molecular weight excluding hydrogens is 292 g/mol. The summed E-state index contributed by atoms with van der Waals surface area (Å²) in [5.74, 6) is -0.249. The van der Waals surface area contributed by atoms with Gasteiger partial charge in [0.1, 0.15) is 0 Å². The van der Waals surface area contributed by atoms with Crippen molar-refractivity contribution in [3.63, 3.8) is 0 Å². The van der Waals surface area contributed by atoms with Gasteiger partial charge in [-0.05, 0) is 37.0 Å². The highest BCUT2D eigenvalue weighted by molar-refractivity contribution is 5.95. The second kappa shape index (κ2) is 6.38. The molecule has 0 spiro atoms. The molecule has 5 heteroatoms. The van der Waals surface area contributed by atoms with Crippen LogP contribution >= 0.6 is 0 Å². The highest BCUT2D eigenvalue weighted by Gasteiger charge is 2.39. The van der Waals surface area contributed by atoms with Crippen LogP contribution in [0.2, 0.25) is 0 Å². The summed E-state index contributed by atoms with van der Waals surface area (Å²) in [4.78, 5) is 16.5. The Kier molecular flexibility index (Phi) is 4.87. The first-order chi connectivity index (χ1) is 10.6. The summed E-state index contributed by atoms with van der Waals surface area (Å²) in [6.07, 6.45) is 4.46. The molecule has 0 unspecified atom stereocenters. The largest absolute Gasteiger partial charge is 0.503 e. The van der Waals surface area contributed by atoms with Crippen LogP contribution in [-0.4, -0.2) is 28.6 Å². The van der Waals surface area contributed by atoms with Crippen LogP contribution in [0.15, 0.2) is 12.3 Å². The van der Waals surface area contributed by atoms with Gasteiger partial charge in [-0.15, -0.1) is 0 Å². The van der Waals surface area contributed by atoms with E-state index in [9.17, 15) is 9.90 Å². The molecule has 0 aromatic carbocycles. The number of nitrogens with zero attached hydrogens (tertiary/aromatic N) is 1. The number of nitrogens with one attached hydrogen (secondary N) is 1. The van der Waals surface area contributed by atoms with Crippen molar-refractivity contribution in [2.24, 2.45) is 10.8 Å². The predicted octanol–water partition coefficient (Wildman–Crippen LogP) is 3.52. The standard InChI is InChI=1S/C18H28N2O3/c1-6-23-13-7-8-19-14(15(13)21)16(22)20-12-9-17(2,3)11-18(4,5)10-12/h7-8,12,21H,6,9-11H2,1-5H3,(H,20,22). The monoisotopic (exact) mass is 320 g/mol. The molecule has 1 aromatic rings. The Balaban J connectivity index is 2.14. The first kappa shape index (κ1) is 17.6. The van der Waals surface area contributed by atoms with Gasteiger partial charge in [-0.3, -0.25) is 4.79 Å². The maximum atomic E-state index is 12.5. The lowest BCUT2D eigenvalue weighted by Gasteiger charge is -2.45. The summed E-state index contributed by atoms with van der Waals surface area (Å²) in [6, 6.07) is 1.64. The van der Waals surface area contributed by atoms with Crippen LogP contribution in [0.3, 0.4) is 0 Å². The van der Waals surface area contributed by atoms with Crippen LogP contribution in [0.4, 0.5) is 0 Å². The Hall–Kier alpha value is -1.78. The average Bonchev–Trinajstić information content (AvgIpc) is 2.37. The van der Waals surface area contributed by atoms with Crippen molar-refractivity contribution in [2.75, 3.05) is 6.61 Å². The minimum absolute atomic E-state index is 0.0251. The van der Waals surface area contributed by atoms with Gasteiger partial charge in [0, 0.05) is 18.3 Å². The van der Waals surface area contributed by atoms with Crippen LogP contribution in [0.1, 0.15) is 64.4 Å². The van der Waals surface area contributed by atoms with Crippen molar-refractivity contribution >= 4 is 5.91 Å². The molecule has 2 rings (SSSR count). The first-order valence-corrected chi connectivity index (χ1v) is 8.25. The number of aromatic nitrogens is 1. The van der Waals surface area contributed by atoms with E-state index in [1.807, 2.05) is 6.92 Å². The van der Waals surface area contributed by atoms with Gasteiger partial charge in [-0.2, -0.15) is 0 Å². The van der Waals surface area contributed by atoms with Crippen LogP contribution in [-0.2, 0) is 0 Å². The number of ether oxygens (including phenoxy) is 1. The van der Waals surface area contributed by atoms with Crippen molar-refractivity contribution in [2.45, 2.75) is 59.9 Å². The predicted molar refractivity (Wildman–Crippen MR) is 89.7 cm³/mol. The van der Waals surface area contributed by atoms with Gasteiger partial charge in [0.25, 0.3) is 5.91 Å². The molecule has 23 heavy (non-hydrogen) atoms. The molecule has 1 saturated carbocycles. The Morgan fingerprint density at radius 3 is 2.52 bits per heavy atom.